The van der Waals surface area contributed by atoms with E-state index in [2.05, 4.69) is 20.7 Å². The molecule has 1 heterocycles. The smallest absolute Gasteiger partial charge is 0.188 e. The van der Waals surface area contributed by atoms with Crippen LogP contribution in [0.4, 0.5) is 4.39 Å². The molecular formula is C16H22FN5. The summed E-state index contributed by atoms with van der Waals surface area (Å²) in [5, 5.41) is 16.0. The molecule has 0 bridgehead atoms. The molecule has 1 aromatic heterocycles. The van der Waals surface area contributed by atoms with Crippen LogP contribution in [0, 0.1) is 5.82 Å². The molecular weight excluding hydrogens is 281 g/mol. The van der Waals surface area contributed by atoms with Gasteiger partial charge in [0.15, 0.2) is 5.82 Å². The van der Waals surface area contributed by atoms with E-state index in [9.17, 15) is 4.39 Å². The summed E-state index contributed by atoms with van der Waals surface area (Å²) in [5.41, 5.74) is 1.73. The zero-order chi connectivity index (χ0) is 15.7. The summed E-state index contributed by atoms with van der Waals surface area (Å²) in [6, 6.07) is 5.48. The summed E-state index contributed by atoms with van der Waals surface area (Å²) < 4.78 is 13.9. The van der Waals surface area contributed by atoms with E-state index in [1.165, 1.54) is 6.07 Å². The van der Waals surface area contributed by atoms with Gasteiger partial charge in [-0.2, -0.15) is 4.80 Å². The van der Waals surface area contributed by atoms with E-state index in [1.54, 1.807) is 10.9 Å². The average molecular weight is 303 g/mol. The molecule has 3 rings (SSSR count). The highest BCUT2D eigenvalue weighted by atomic mass is 19.1. The van der Waals surface area contributed by atoms with Crippen molar-refractivity contribution in [1.82, 2.24) is 25.5 Å². The summed E-state index contributed by atoms with van der Waals surface area (Å²) in [5.74, 6) is 0.569. The SMILES string of the molecule is CC(C)(C)n1nnc(CNC2CCCc3c(F)cccc32)n1. The Morgan fingerprint density at radius 3 is 2.91 bits per heavy atom. The molecule has 1 N–H and O–H groups in total. The Morgan fingerprint density at radius 1 is 1.36 bits per heavy atom. The number of hydrogen-bond acceptors (Lipinski definition) is 4. The predicted octanol–water partition coefficient (Wildman–Crippen LogP) is 2.73. The monoisotopic (exact) mass is 303 g/mol. The minimum Gasteiger partial charge on any atom is -0.303 e. The van der Waals surface area contributed by atoms with Crippen molar-refractivity contribution >= 4 is 0 Å². The van der Waals surface area contributed by atoms with Crippen LogP contribution in [0.2, 0.25) is 0 Å². The molecule has 0 aliphatic heterocycles. The van der Waals surface area contributed by atoms with Gasteiger partial charge in [0.05, 0.1) is 12.1 Å². The summed E-state index contributed by atoms with van der Waals surface area (Å²) in [7, 11) is 0. The maximum atomic E-state index is 13.9. The van der Waals surface area contributed by atoms with Crippen LogP contribution in [0.25, 0.3) is 0 Å². The van der Waals surface area contributed by atoms with Crippen molar-refractivity contribution < 1.29 is 4.39 Å². The van der Waals surface area contributed by atoms with Crippen molar-refractivity contribution in [2.24, 2.45) is 0 Å². The number of fused-ring (bicyclic) bond motifs is 1. The second-order valence-electron chi connectivity index (χ2n) is 6.80. The van der Waals surface area contributed by atoms with Crippen molar-refractivity contribution in [2.45, 2.75) is 58.2 Å². The minimum absolute atomic E-state index is 0.0965. The van der Waals surface area contributed by atoms with E-state index in [1.807, 2.05) is 26.8 Å². The molecule has 1 aliphatic carbocycles. The number of tetrazole rings is 1. The molecule has 0 spiro atoms. The summed E-state index contributed by atoms with van der Waals surface area (Å²) >= 11 is 0. The van der Waals surface area contributed by atoms with Gasteiger partial charge in [0.25, 0.3) is 0 Å². The number of nitrogens with zero attached hydrogens (tertiary/aromatic N) is 4. The van der Waals surface area contributed by atoms with Gasteiger partial charge >= 0.3 is 0 Å². The van der Waals surface area contributed by atoms with E-state index in [4.69, 9.17) is 0 Å². The van der Waals surface area contributed by atoms with Crippen LogP contribution in [-0.2, 0) is 18.5 Å². The van der Waals surface area contributed by atoms with Gasteiger partial charge in [0.2, 0.25) is 0 Å². The van der Waals surface area contributed by atoms with Gasteiger partial charge in [-0.05, 0) is 62.4 Å². The van der Waals surface area contributed by atoms with Crippen LogP contribution in [0.1, 0.15) is 56.6 Å². The fourth-order valence-corrected chi connectivity index (χ4v) is 2.83. The van der Waals surface area contributed by atoms with E-state index in [0.717, 1.165) is 30.4 Å². The lowest BCUT2D eigenvalue weighted by Gasteiger charge is -2.26. The molecule has 6 heteroatoms. The second kappa shape index (κ2) is 5.76. The lowest BCUT2D eigenvalue weighted by Crippen LogP contribution is -2.27. The van der Waals surface area contributed by atoms with Gasteiger partial charge in [-0.1, -0.05) is 12.1 Å². The first-order valence-electron chi connectivity index (χ1n) is 7.75. The van der Waals surface area contributed by atoms with Gasteiger partial charge in [-0.15, -0.1) is 10.2 Å². The molecule has 0 saturated heterocycles. The molecule has 0 radical (unpaired) electrons. The Balaban J connectivity index is 1.71. The molecule has 1 aliphatic rings. The van der Waals surface area contributed by atoms with E-state index < -0.39 is 0 Å². The number of halogens is 1. The van der Waals surface area contributed by atoms with Crippen LogP contribution >= 0.6 is 0 Å². The van der Waals surface area contributed by atoms with Crippen molar-refractivity contribution in [2.75, 3.05) is 0 Å². The molecule has 1 aromatic carbocycles. The number of hydrogen-bond donors (Lipinski definition) is 1. The van der Waals surface area contributed by atoms with Crippen molar-refractivity contribution in [3.05, 3.63) is 41.0 Å². The normalized spacial score (nSPS) is 18.3. The summed E-state index contributed by atoms with van der Waals surface area (Å²) in [6.07, 6.45) is 2.82. The minimum atomic E-state index is -0.175. The van der Waals surface area contributed by atoms with Crippen LogP contribution < -0.4 is 5.32 Å². The summed E-state index contributed by atoms with van der Waals surface area (Å²) in [4.78, 5) is 1.62. The van der Waals surface area contributed by atoms with Gasteiger partial charge in [-0.25, -0.2) is 4.39 Å². The molecule has 5 nitrogen and oxygen atoms in total. The third-order valence-corrected chi connectivity index (χ3v) is 4.01. The lowest BCUT2D eigenvalue weighted by atomic mass is 9.87. The third kappa shape index (κ3) is 3.02. The molecule has 22 heavy (non-hydrogen) atoms. The van der Waals surface area contributed by atoms with Crippen LogP contribution in [0.5, 0.6) is 0 Å². The third-order valence-electron chi connectivity index (χ3n) is 4.01. The number of nitrogens with one attached hydrogen (secondary N) is 1. The highest BCUT2D eigenvalue weighted by molar-refractivity contribution is 5.33. The Hall–Kier alpha value is -1.82. The first-order valence-corrected chi connectivity index (χ1v) is 7.75. The van der Waals surface area contributed by atoms with Gasteiger partial charge < -0.3 is 5.32 Å². The van der Waals surface area contributed by atoms with Crippen LogP contribution in [0.3, 0.4) is 0 Å². The second-order valence-corrected chi connectivity index (χ2v) is 6.80. The largest absolute Gasteiger partial charge is 0.303 e. The van der Waals surface area contributed by atoms with E-state index >= 15 is 0 Å². The maximum Gasteiger partial charge on any atom is 0.188 e. The lowest BCUT2D eigenvalue weighted by molar-refractivity contribution is 0.304. The fourth-order valence-electron chi connectivity index (χ4n) is 2.83. The Bertz CT molecular complexity index is 659. The molecule has 118 valence electrons. The van der Waals surface area contributed by atoms with Gasteiger partial charge in [0, 0.05) is 6.04 Å². The number of aromatic nitrogens is 4. The maximum absolute atomic E-state index is 13.9. The fraction of sp³-hybridized carbons (Fsp3) is 0.562. The van der Waals surface area contributed by atoms with Crippen LogP contribution in [-0.4, -0.2) is 20.2 Å². The predicted molar refractivity (Wildman–Crippen MR) is 81.7 cm³/mol. The van der Waals surface area contributed by atoms with E-state index in [-0.39, 0.29) is 17.4 Å². The number of benzene rings is 1. The molecule has 1 atom stereocenters. The molecule has 0 fully saturated rings. The van der Waals surface area contributed by atoms with Crippen LogP contribution in [0.15, 0.2) is 18.2 Å². The quantitative estimate of drug-likeness (QED) is 0.947. The molecule has 0 amide bonds. The van der Waals surface area contributed by atoms with Crippen molar-refractivity contribution in [3.63, 3.8) is 0 Å². The van der Waals surface area contributed by atoms with Crippen molar-refractivity contribution in [1.29, 1.82) is 0 Å². The zero-order valence-electron chi connectivity index (χ0n) is 13.3. The molecule has 0 saturated carbocycles. The Morgan fingerprint density at radius 2 is 2.18 bits per heavy atom. The Kier molecular flexibility index (Phi) is 3.95. The topological polar surface area (TPSA) is 55.6 Å². The Labute approximate surface area is 129 Å². The summed E-state index contributed by atoms with van der Waals surface area (Å²) in [6.45, 7) is 6.64. The average Bonchev–Trinajstić information content (AvgIpc) is 2.95. The van der Waals surface area contributed by atoms with Crippen molar-refractivity contribution in [3.8, 4) is 0 Å². The van der Waals surface area contributed by atoms with Gasteiger partial charge in [0.1, 0.15) is 5.82 Å². The molecule has 1 unspecified atom stereocenters. The zero-order valence-corrected chi connectivity index (χ0v) is 13.3. The highest BCUT2D eigenvalue weighted by Crippen LogP contribution is 2.31. The first-order chi connectivity index (χ1) is 10.4. The highest BCUT2D eigenvalue weighted by Gasteiger charge is 2.23. The van der Waals surface area contributed by atoms with E-state index in [0.29, 0.717) is 12.4 Å². The first kappa shape index (κ1) is 15.1. The molecule has 2 aromatic rings. The standard InChI is InChI=1S/C16H22FN5/c1-16(2,3)22-20-15(19-21-22)10-18-14-9-5-6-11-12(14)7-4-8-13(11)17/h4,7-8,14,18H,5-6,9-10H2,1-3H3. The van der Waals surface area contributed by atoms with Gasteiger partial charge in [-0.3, -0.25) is 0 Å². The number of rotatable bonds is 3.